The minimum atomic E-state index is -0.153. The molecule has 0 saturated carbocycles. The lowest BCUT2D eigenvalue weighted by atomic mass is 9.72. The molecule has 1 aromatic carbocycles. The minimum absolute atomic E-state index is 0.0696. The summed E-state index contributed by atoms with van der Waals surface area (Å²) < 4.78 is 0. The summed E-state index contributed by atoms with van der Waals surface area (Å²) in [5.74, 6) is 0. The zero-order valence-electron chi connectivity index (χ0n) is 13.0. The molecule has 0 spiro atoms. The average Bonchev–Trinajstić information content (AvgIpc) is 2.37. The number of hydrogen-bond acceptors (Lipinski definition) is 2. The van der Waals surface area contributed by atoms with E-state index in [2.05, 4.69) is 58.9 Å². The van der Waals surface area contributed by atoms with Crippen LogP contribution in [0.5, 0.6) is 0 Å². The van der Waals surface area contributed by atoms with Crippen LogP contribution in [0.2, 0.25) is 0 Å². The van der Waals surface area contributed by atoms with Crippen molar-refractivity contribution in [3.8, 4) is 0 Å². The molecule has 108 valence electrons. The maximum atomic E-state index is 9.34. The van der Waals surface area contributed by atoms with Gasteiger partial charge in [0.1, 0.15) is 0 Å². The summed E-state index contributed by atoms with van der Waals surface area (Å²) in [6.07, 6.45) is 1.62. The maximum absolute atomic E-state index is 9.34. The third-order valence-electron chi connectivity index (χ3n) is 4.30. The van der Waals surface area contributed by atoms with Crippen LogP contribution in [-0.2, 0) is 10.8 Å². The third-order valence-corrected chi connectivity index (χ3v) is 4.30. The van der Waals surface area contributed by atoms with Crippen LogP contribution in [0.3, 0.4) is 0 Å². The number of rotatable bonds is 5. The van der Waals surface area contributed by atoms with E-state index in [1.807, 2.05) is 0 Å². The first-order valence-corrected chi connectivity index (χ1v) is 7.23. The maximum Gasteiger partial charge on any atom is 0.0440 e. The van der Waals surface area contributed by atoms with E-state index in [1.165, 1.54) is 11.1 Å². The van der Waals surface area contributed by atoms with Gasteiger partial charge in [-0.3, -0.25) is 0 Å². The molecule has 0 heterocycles. The molecule has 0 saturated heterocycles. The topological polar surface area (TPSA) is 46.2 Å². The molecular weight excluding hydrogens is 234 g/mol. The van der Waals surface area contributed by atoms with Crippen LogP contribution in [0.15, 0.2) is 24.3 Å². The second kappa shape index (κ2) is 6.06. The van der Waals surface area contributed by atoms with Gasteiger partial charge in [-0.15, -0.1) is 0 Å². The van der Waals surface area contributed by atoms with Gasteiger partial charge in [0.2, 0.25) is 0 Å². The Balaban J connectivity index is 3.11. The summed E-state index contributed by atoms with van der Waals surface area (Å²) in [6.45, 7) is 11.1. The van der Waals surface area contributed by atoms with Gasteiger partial charge in [0.05, 0.1) is 0 Å². The predicted molar refractivity (Wildman–Crippen MR) is 82.5 cm³/mol. The third kappa shape index (κ3) is 3.58. The molecule has 19 heavy (non-hydrogen) atoms. The molecule has 2 unspecified atom stereocenters. The molecule has 3 N–H and O–H groups in total. The Kier molecular flexibility index (Phi) is 5.17. The van der Waals surface area contributed by atoms with Gasteiger partial charge in [0.15, 0.2) is 0 Å². The van der Waals surface area contributed by atoms with Crippen LogP contribution in [0, 0.1) is 0 Å². The number of aliphatic hydroxyl groups excluding tert-OH is 1. The van der Waals surface area contributed by atoms with E-state index in [0.29, 0.717) is 6.42 Å². The highest BCUT2D eigenvalue weighted by Gasteiger charge is 2.32. The van der Waals surface area contributed by atoms with Crippen molar-refractivity contribution >= 4 is 0 Å². The number of nitrogens with two attached hydrogens (primary N) is 1. The van der Waals surface area contributed by atoms with Crippen molar-refractivity contribution in [3.63, 3.8) is 0 Å². The molecule has 0 amide bonds. The van der Waals surface area contributed by atoms with E-state index in [1.54, 1.807) is 0 Å². The lowest BCUT2D eigenvalue weighted by Crippen LogP contribution is -2.43. The first kappa shape index (κ1) is 16.2. The Morgan fingerprint density at radius 2 is 1.53 bits per heavy atom. The highest BCUT2D eigenvalue weighted by molar-refractivity contribution is 5.33. The SMILES string of the molecule is CCC(N)C(C)(CCO)c1ccc(C(C)(C)C)cc1. The average molecular weight is 263 g/mol. The van der Waals surface area contributed by atoms with Crippen molar-refractivity contribution in [2.45, 2.75) is 64.3 Å². The van der Waals surface area contributed by atoms with Gasteiger partial charge in [-0.1, -0.05) is 58.9 Å². The molecule has 0 bridgehead atoms. The molecular formula is C17H29NO. The van der Waals surface area contributed by atoms with E-state index >= 15 is 0 Å². The fourth-order valence-corrected chi connectivity index (χ4v) is 2.58. The molecule has 2 nitrogen and oxygen atoms in total. The van der Waals surface area contributed by atoms with Gasteiger partial charge in [-0.25, -0.2) is 0 Å². The summed E-state index contributed by atoms with van der Waals surface area (Å²) in [4.78, 5) is 0. The first-order chi connectivity index (χ1) is 8.75. The number of benzene rings is 1. The summed E-state index contributed by atoms with van der Waals surface area (Å²) in [6, 6.07) is 8.79. The zero-order valence-corrected chi connectivity index (χ0v) is 13.0. The molecule has 0 radical (unpaired) electrons. The van der Waals surface area contributed by atoms with Crippen molar-refractivity contribution in [1.82, 2.24) is 0 Å². The molecule has 1 rings (SSSR count). The predicted octanol–water partition coefficient (Wildman–Crippen LogP) is 3.36. The van der Waals surface area contributed by atoms with Crippen molar-refractivity contribution in [2.75, 3.05) is 6.61 Å². The van der Waals surface area contributed by atoms with Crippen molar-refractivity contribution < 1.29 is 5.11 Å². The molecule has 2 atom stereocenters. The Labute approximate surface area is 118 Å². The fraction of sp³-hybridized carbons (Fsp3) is 0.647. The van der Waals surface area contributed by atoms with Crippen LogP contribution in [0.4, 0.5) is 0 Å². The van der Waals surface area contributed by atoms with E-state index in [0.717, 1.165) is 6.42 Å². The summed E-state index contributed by atoms with van der Waals surface area (Å²) in [5, 5.41) is 9.34. The van der Waals surface area contributed by atoms with Crippen LogP contribution < -0.4 is 5.73 Å². The van der Waals surface area contributed by atoms with Crippen molar-refractivity contribution in [3.05, 3.63) is 35.4 Å². The lowest BCUT2D eigenvalue weighted by molar-refractivity contribution is 0.223. The van der Waals surface area contributed by atoms with Gasteiger partial charge in [0, 0.05) is 18.1 Å². The normalized spacial score (nSPS) is 17.0. The minimum Gasteiger partial charge on any atom is -0.396 e. The van der Waals surface area contributed by atoms with Crippen LogP contribution >= 0.6 is 0 Å². The van der Waals surface area contributed by atoms with Gasteiger partial charge in [0.25, 0.3) is 0 Å². The summed E-state index contributed by atoms with van der Waals surface area (Å²) in [7, 11) is 0. The second-order valence-electron chi connectivity index (χ2n) is 6.73. The molecule has 0 aliphatic heterocycles. The van der Waals surface area contributed by atoms with Crippen LogP contribution in [0.1, 0.15) is 58.6 Å². The highest BCUT2D eigenvalue weighted by atomic mass is 16.3. The Morgan fingerprint density at radius 3 is 1.89 bits per heavy atom. The smallest absolute Gasteiger partial charge is 0.0440 e. The van der Waals surface area contributed by atoms with E-state index in [-0.39, 0.29) is 23.5 Å². The highest BCUT2D eigenvalue weighted by Crippen LogP contribution is 2.33. The molecule has 0 aromatic heterocycles. The zero-order chi connectivity index (χ0) is 14.7. The summed E-state index contributed by atoms with van der Waals surface area (Å²) >= 11 is 0. The second-order valence-corrected chi connectivity index (χ2v) is 6.73. The molecule has 0 aliphatic rings. The quantitative estimate of drug-likeness (QED) is 0.855. The van der Waals surface area contributed by atoms with Crippen molar-refractivity contribution in [1.29, 1.82) is 0 Å². The number of hydrogen-bond donors (Lipinski definition) is 2. The fourth-order valence-electron chi connectivity index (χ4n) is 2.58. The molecule has 0 fully saturated rings. The Hall–Kier alpha value is -0.860. The van der Waals surface area contributed by atoms with Gasteiger partial charge >= 0.3 is 0 Å². The van der Waals surface area contributed by atoms with E-state index in [9.17, 15) is 5.11 Å². The van der Waals surface area contributed by atoms with Crippen molar-refractivity contribution in [2.24, 2.45) is 5.73 Å². The van der Waals surface area contributed by atoms with Gasteiger partial charge in [-0.05, 0) is 29.4 Å². The first-order valence-electron chi connectivity index (χ1n) is 7.23. The monoisotopic (exact) mass is 263 g/mol. The van der Waals surface area contributed by atoms with E-state index < -0.39 is 0 Å². The van der Waals surface area contributed by atoms with Gasteiger partial charge < -0.3 is 10.8 Å². The summed E-state index contributed by atoms with van der Waals surface area (Å²) in [5.41, 5.74) is 8.85. The Morgan fingerprint density at radius 1 is 1.05 bits per heavy atom. The number of aliphatic hydroxyl groups is 1. The lowest BCUT2D eigenvalue weighted by Gasteiger charge is -2.36. The van der Waals surface area contributed by atoms with E-state index in [4.69, 9.17) is 5.73 Å². The van der Waals surface area contributed by atoms with Gasteiger partial charge in [-0.2, -0.15) is 0 Å². The molecule has 1 aromatic rings. The Bertz CT molecular complexity index is 391. The largest absolute Gasteiger partial charge is 0.396 e. The van der Waals surface area contributed by atoms with Crippen LogP contribution in [0.25, 0.3) is 0 Å². The molecule has 2 heteroatoms. The standard InChI is InChI=1S/C17H29NO/c1-6-15(18)17(5,11-12-19)14-9-7-13(8-10-14)16(2,3)4/h7-10,15,19H,6,11-12,18H2,1-5H3. The van der Waals surface area contributed by atoms with Crippen LogP contribution in [-0.4, -0.2) is 17.8 Å². The molecule has 0 aliphatic carbocycles.